The zero-order chi connectivity index (χ0) is 21.3. The molecular weight excluding hydrogens is 361 g/mol. The fourth-order valence-electron chi connectivity index (χ4n) is 2.66. The van der Waals surface area contributed by atoms with E-state index in [4.69, 9.17) is 18.8 Å². The molecule has 1 aliphatic heterocycles. The fraction of sp³-hybridized carbons (Fsp3) is 0.600. The van der Waals surface area contributed by atoms with Crippen LogP contribution in [0.5, 0.6) is 0 Å². The Balaban J connectivity index is 2.26. The molecule has 28 heavy (non-hydrogen) atoms. The number of carbonyl (C=O) groups excluding carboxylic acids is 2. The van der Waals surface area contributed by atoms with Gasteiger partial charge in [-0.2, -0.15) is 0 Å². The van der Waals surface area contributed by atoms with Crippen molar-refractivity contribution < 1.29 is 28.4 Å². The minimum atomic E-state index is -0.630. The third-order valence-electron chi connectivity index (χ3n) is 4.80. The van der Waals surface area contributed by atoms with Crippen molar-refractivity contribution in [1.29, 1.82) is 0 Å². The summed E-state index contributed by atoms with van der Waals surface area (Å²) in [5, 5.41) is 2.70. The van der Waals surface area contributed by atoms with Crippen LogP contribution < -0.4 is 10.8 Å². The van der Waals surface area contributed by atoms with Crippen LogP contribution in [0.15, 0.2) is 18.2 Å². The van der Waals surface area contributed by atoms with Gasteiger partial charge in [-0.05, 0) is 71.6 Å². The van der Waals surface area contributed by atoms with Crippen LogP contribution in [-0.2, 0) is 25.3 Å². The summed E-state index contributed by atoms with van der Waals surface area (Å²) in [5.74, 6) is -0.475. The van der Waals surface area contributed by atoms with E-state index in [-0.39, 0.29) is 6.54 Å². The molecule has 1 aliphatic rings. The zero-order valence-electron chi connectivity index (χ0n) is 18.0. The van der Waals surface area contributed by atoms with Crippen LogP contribution in [-0.4, -0.2) is 43.1 Å². The highest BCUT2D eigenvalue weighted by atomic mass is 16.7. The first kappa shape index (κ1) is 22.2. The molecule has 154 valence electrons. The van der Waals surface area contributed by atoms with Gasteiger partial charge in [0.1, 0.15) is 5.60 Å². The van der Waals surface area contributed by atoms with Crippen LogP contribution in [0.2, 0.25) is 0 Å². The summed E-state index contributed by atoms with van der Waals surface area (Å²) >= 11 is 0. The first-order valence-electron chi connectivity index (χ1n) is 9.29. The molecule has 7 nitrogen and oxygen atoms in total. The van der Waals surface area contributed by atoms with E-state index >= 15 is 0 Å². The lowest BCUT2D eigenvalue weighted by atomic mass is 9.77. The van der Waals surface area contributed by atoms with E-state index in [1.54, 1.807) is 32.9 Å². The number of carbonyl (C=O) groups is 2. The third kappa shape index (κ3) is 5.26. The molecule has 0 spiro atoms. The Kier molecular flexibility index (Phi) is 6.16. The lowest BCUT2D eigenvalue weighted by Gasteiger charge is -2.32. The average Bonchev–Trinajstić information content (AvgIpc) is 2.78. The number of hydrogen-bond donors (Lipinski definition) is 1. The molecule has 2 rings (SSSR count). The van der Waals surface area contributed by atoms with Crippen molar-refractivity contribution in [2.75, 3.05) is 7.11 Å². The topological polar surface area (TPSA) is 83.1 Å². The lowest BCUT2D eigenvalue weighted by Crippen LogP contribution is -2.41. The van der Waals surface area contributed by atoms with E-state index in [1.165, 1.54) is 7.11 Å². The number of nitrogens with one attached hydrogen (secondary N) is 1. The second-order valence-corrected chi connectivity index (χ2v) is 8.90. The van der Waals surface area contributed by atoms with Gasteiger partial charge < -0.3 is 24.1 Å². The Morgan fingerprint density at radius 2 is 1.64 bits per heavy atom. The lowest BCUT2D eigenvalue weighted by molar-refractivity contribution is 0.00578. The van der Waals surface area contributed by atoms with Crippen LogP contribution in [0.25, 0.3) is 0 Å². The van der Waals surface area contributed by atoms with Gasteiger partial charge in [-0.25, -0.2) is 9.59 Å². The third-order valence-corrected chi connectivity index (χ3v) is 4.80. The minimum absolute atomic E-state index is 0.187. The molecule has 1 aromatic rings. The zero-order valence-corrected chi connectivity index (χ0v) is 18.0. The molecule has 0 aliphatic carbocycles. The summed E-state index contributed by atoms with van der Waals surface area (Å²) in [5.41, 5.74) is 0.143. The largest absolute Gasteiger partial charge is 0.494 e. The highest BCUT2D eigenvalue weighted by molar-refractivity contribution is 6.62. The van der Waals surface area contributed by atoms with Crippen molar-refractivity contribution in [3.05, 3.63) is 29.3 Å². The van der Waals surface area contributed by atoms with Gasteiger partial charge in [-0.15, -0.1) is 0 Å². The van der Waals surface area contributed by atoms with Crippen molar-refractivity contribution in [2.24, 2.45) is 0 Å². The minimum Gasteiger partial charge on any atom is -0.465 e. The first-order valence-corrected chi connectivity index (χ1v) is 9.29. The van der Waals surface area contributed by atoms with Gasteiger partial charge in [-0.1, -0.05) is 6.07 Å². The highest BCUT2D eigenvalue weighted by Crippen LogP contribution is 2.36. The normalized spacial score (nSPS) is 17.9. The highest BCUT2D eigenvalue weighted by Gasteiger charge is 2.51. The van der Waals surface area contributed by atoms with E-state index in [0.29, 0.717) is 16.6 Å². The summed E-state index contributed by atoms with van der Waals surface area (Å²) in [4.78, 5) is 24.0. The van der Waals surface area contributed by atoms with Crippen molar-refractivity contribution >= 4 is 24.6 Å². The quantitative estimate of drug-likeness (QED) is 0.628. The van der Waals surface area contributed by atoms with E-state index < -0.39 is 36.0 Å². The SMILES string of the molecule is COC(=O)c1cc(CNC(=O)OC(C)(C)C)cc(B2OC(C)(C)C(C)(C)O2)c1. The number of hydrogen-bond acceptors (Lipinski definition) is 6. The summed E-state index contributed by atoms with van der Waals surface area (Å²) < 4.78 is 22.3. The van der Waals surface area contributed by atoms with E-state index in [0.717, 1.165) is 0 Å². The fourth-order valence-corrected chi connectivity index (χ4v) is 2.66. The number of esters is 1. The van der Waals surface area contributed by atoms with Crippen LogP contribution >= 0.6 is 0 Å². The number of rotatable bonds is 4. The Labute approximate surface area is 167 Å². The molecule has 8 heteroatoms. The van der Waals surface area contributed by atoms with E-state index in [9.17, 15) is 9.59 Å². The van der Waals surface area contributed by atoms with Crippen LogP contribution in [0, 0.1) is 0 Å². The van der Waals surface area contributed by atoms with Crippen LogP contribution in [0.3, 0.4) is 0 Å². The summed E-state index contributed by atoms with van der Waals surface area (Å²) in [6, 6.07) is 5.19. The Morgan fingerprint density at radius 1 is 1.07 bits per heavy atom. The Hall–Kier alpha value is -2.06. The average molecular weight is 391 g/mol. The van der Waals surface area contributed by atoms with Crippen molar-refractivity contribution in [2.45, 2.75) is 71.8 Å². The molecule has 1 heterocycles. The maximum absolute atomic E-state index is 12.1. The molecule has 0 radical (unpaired) electrons. The number of amides is 1. The number of methoxy groups -OCH3 is 1. The maximum atomic E-state index is 12.1. The molecule has 0 atom stereocenters. The number of alkyl carbamates (subject to hydrolysis) is 1. The van der Waals surface area contributed by atoms with Crippen LogP contribution in [0.1, 0.15) is 64.4 Å². The molecular formula is C20H30BNO6. The van der Waals surface area contributed by atoms with Crippen molar-refractivity contribution in [1.82, 2.24) is 5.32 Å². The predicted octanol–water partition coefficient (Wildman–Crippen LogP) is 2.80. The molecule has 1 N–H and O–H groups in total. The van der Waals surface area contributed by atoms with Gasteiger partial charge in [0.2, 0.25) is 0 Å². The molecule has 1 fully saturated rings. The first-order chi connectivity index (χ1) is 12.7. The summed E-state index contributed by atoms with van der Waals surface area (Å²) in [6.07, 6.45) is -0.534. The molecule has 1 aromatic carbocycles. The molecule has 0 unspecified atom stereocenters. The molecule has 0 saturated carbocycles. The Morgan fingerprint density at radius 3 is 2.14 bits per heavy atom. The monoisotopic (exact) mass is 391 g/mol. The number of ether oxygens (including phenoxy) is 2. The predicted molar refractivity (Wildman–Crippen MR) is 107 cm³/mol. The van der Waals surface area contributed by atoms with E-state index in [1.807, 2.05) is 33.8 Å². The molecule has 0 aromatic heterocycles. The Bertz CT molecular complexity index is 738. The number of benzene rings is 1. The van der Waals surface area contributed by atoms with Crippen molar-refractivity contribution in [3.8, 4) is 0 Å². The second-order valence-electron chi connectivity index (χ2n) is 8.90. The van der Waals surface area contributed by atoms with Crippen LogP contribution in [0.4, 0.5) is 4.79 Å². The molecule has 1 saturated heterocycles. The standard InChI is InChI=1S/C20H30BNO6/c1-18(2,3)26-17(24)22-12-13-9-14(16(23)25-8)11-15(10-13)21-27-19(4,5)20(6,7)28-21/h9-11H,12H2,1-8H3,(H,22,24). The van der Waals surface area contributed by atoms with Gasteiger partial charge in [0.25, 0.3) is 0 Å². The smallest absolute Gasteiger partial charge is 0.465 e. The van der Waals surface area contributed by atoms with Gasteiger partial charge in [0, 0.05) is 6.54 Å². The van der Waals surface area contributed by atoms with Crippen molar-refractivity contribution in [3.63, 3.8) is 0 Å². The van der Waals surface area contributed by atoms with Gasteiger partial charge in [0.15, 0.2) is 0 Å². The molecule has 1 amide bonds. The van der Waals surface area contributed by atoms with Gasteiger partial charge in [-0.3, -0.25) is 0 Å². The second kappa shape index (κ2) is 7.76. The van der Waals surface area contributed by atoms with Gasteiger partial charge >= 0.3 is 19.2 Å². The summed E-state index contributed by atoms with van der Waals surface area (Å²) in [7, 11) is 0.692. The molecule has 0 bridgehead atoms. The maximum Gasteiger partial charge on any atom is 0.494 e. The summed E-state index contributed by atoms with van der Waals surface area (Å²) in [6.45, 7) is 13.4. The van der Waals surface area contributed by atoms with Gasteiger partial charge in [0.05, 0.1) is 23.9 Å². The van der Waals surface area contributed by atoms with E-state index in [2.05, 4.69) is 5.32 Å².